The van der Waals surface area contributed by atoms with E-state index in [1.54, 1.807) is 6.20 Å². The van der Waals surface area contributed by atoms with Crippen LogP contribution in [0.3, 0.4) is 0 Å². The van der Waals surface area contributed by atoms with Crippen LogP contribution in [0.4, 0.5) is 11.6 Å². The second-order valence-corrected chi connectivity index (χ2v) is 6.50. The monoisotopic (exact) mass is 344 g/mol. The van der Waals surface area contributed by atoms with Gasteiger partial charge in [-0.1, -0.05) is 48.0 Å². The van der Waals surface area contributed by atoms with E-state index < -0.39 is 0 Å². The van der Waals surface area contributed by atoms with Crippen molar-refractivity contribution >= 4 is 17.5 Å². The molecule has 0 unspecified atom stereocenters. The Bertz CT molecular complexity index is 950. The van der Waals surface area contributed by atoms with Gasteiger partial charge >= 0.3 is 0 Å². The molecule has 0 saturated heterocycles. The summed E-state index contributed by atoms with van der Waals surface area (Å²) in [6, 6.07) is 16.3. The van der Waals surface area contributed by atoms with Crippen molar-refractivity contribution in [2.75, 3.05) is 17.2 Å². The Balaban J connectivity index is 1.54. The van der Waals surface area contributed by atoms with Gasteiger partial charge in [-0.2, -0.15) is 0 Å². The minimum Gasteiger partial charge on any atom is -0.354 e. The largest absolute Gasteiger partial charge is 0.354 e. The average Bonchev–Trinajstić information content (AvgIpc) is 2.78. The van der Waals surface area contributed by atoms with E-state index in [1.165, 1.54) is 11.1 Å². The molecule has 0 atom stereocenters. The highest BCUT2D eigenvalue weighted by atomic mass is 16.1. The molecule has 26 heavy (non-hydrogen) atoms. The Morgan fingerprint density at radius 1 is 1.12 bits per heavy atom. The highest BCUT2D eigenvalue weighted by Gasteiger charge is 2.20. The third kappa shape index (κ3) is 3.42. The van der Waals surface area contributed by atoms with Crippen LogP contribution < -0.4 is 10.6 Å². The van der Waals surface area contributed by atoms with Gasteiger partial charge in [0.2, 0.25) is 11.9 Å². The van der Waals surface area contributed by atoms with Gasteiger partial charge in [0.15, 0.2) is 0 Å². The summed E-state index contributed by atoms with van der Waals surface area (Å²) in [5, 5.41) is 6.22. The standard InChI is InChI=1S/C21H20N4O/c1-14-6-8-15(9-7-14)10-11-22-21-23-13-16-12-19(26)24-18-5-3-2-4-17(18)20(16)25-21/h2-9,13H,10-12H2,1H3,(H,24,26)(H,22,23,25). The number of aryl methyl sites for hydroxylation is 1. The Morgan fingerprint density at radius 3 is 2.77 bits per heavy atom. The molecule has 4 rings (SSSR count). The van der Waals surface area contributed by atoms with E-state index in [4.69, 9.17) is 0 Å². The van der Waals surface area contributed by atoms with Crippen molar-refractivity contribution in [3.05, 3.63) is 71.4 Å². The van der Waals surface area contributed by atoms with Crippen LogP contribution in [0.5, 0.6) is 0 Å². The molecule has 5 nitrogen and oxygen atoms in total. The van der Waals surface area contributed by atoms with Crippen LogP contribution in [0.15, 0.2) is 54.7 Å². The number of carbonyl (C=O) groups is 1. The molecule has 0 fully saturated rings. The van der Waals surface area contributed by atoms with Crippen LogP contribution in [0, 0.1) is 6.92 Å². The average molecular weight is 344 g/mol. The van der Waals surface area contributed by atoms with Gasteiger partial charge in [0.05, 0.1) is 17.8 Å². The predicted molar refractivity (Wildman–Crippen MR) is 103 cm³/mol. The molecule has 2 aromatic carbocycles. The Labute approximate surface area is 152 Å². The summed E-state index contributed by atoms with van der Waals surface area (Å²) in [5.41, 5.74) is 5.91. The van der Waals surface area contributed by atoms with Crippen molar-refractivity contribution in [3.63, 3.8) is 0 Å². The summed E-state index contributed by atoms with van der Waals surface area (Å²) >= 11 is 0. The van der Waals surface area contributed by atoms with Crippen molar-refractivity contribution < 1.29 is 4.79 Å². The maximum absolute atomic E-state index is 12.1. The first-order chi connectivity index (χ1) is 12.7. The van der Waals surface area contributed by atoms with Gasteiger partial charge in [0.1, 0.15) is 0 Å². The summed E-state index contributed by atoms with van der Waals surface area (Å²) in [6.07, 6.45) is 2.93. The summed E-state index contributed by atoms with van der Waals surface area (Å²) in [4.78, 5) is 21.1. The van der Waals surface area contributed by atoms with Crippen LogP contribution in [0.1, 0.15) is 16.7 Å². The normalized spacial score (nSPS) is 12.6. The van der Waals surface area contributed by atoms with E-state index in [-0.39, 0.29) is 12.3 Å². The van der Waals surface area contributed by atoms with E-state index in [9.17, 15) is 4.79 Å². The first-order valence-corrected chi connectivity index (χ1v) is 8.73. The smallest absolute Gasteiger partial charge is 0.228 e. The fourth-order valence-corrected chi connectivity index (χ4v) is 3.09. The number of fused-ring (bicyclic) bond motifs is 3. The van der Waals surface area contributed by atoms with Crippen molar-refractivity contribution in [1.82, 2.24) is 9.97 Å². The molecule has 3 aromatic rings. The van der Waals surface area contributed by atoms with Crippen LogP contribution in [-0.4, -0.2) is 22.4 Å². The van der Waals surface area contributed by atoms with Crippen molar-refractivity contribution in [1.29, 1.82) is 0 Å². The first kappa shape index (κ1) is 16.3. The lowest BCUT2D eigenvalue weighted by molar-refractivity contribution is -0.115. The second kappa shape index (κ2) is 6.96. The number of nitrogens with zero attached hydrogens (tertiary/aromatic N) is 2. The van der Waals surface area contributed by atoms with Gasteiger partial charge in [-0.15, -0.1) is 0 Å². The molecule has 0 radical (unpaired) electrons. The van der Waals surface area contributed by atoms with E-state index in [2.05, 4.69) is 51.8 Å². The molecule has 2 heterocycles. The van der Waals surface area contributed by atoms with Crippen LogP contribution >= 0.6 is 0 Å². The SMILES string of the molecule is Cc1ccc(CCNc2ncc3c(n2)-c2ccccc2NC(=O)C3)cc1. The number of carbonyl (C=O) groups excluding carboxylic acids is 1. The minimum atomic E-state index is -0.0418. The van der Waals surface area contributed by atoms with Gasteiger partial charge in [0, 0.05) is 23.9 Å². The molecule has 1 aliphatic heterocycles. The zero-order valence-corrected chi connectivity index (χ0v) is 14.6. The first-order valence-electron chi connectivity index (χ1n) is 8.73. The maximum atomic E-state index is 12.1. The number of benzene rings is 2. The van der Waals surface area contributed by atoms with Crippen LogP contribution in [0.2, 0.25) is 0 Å². The lowest BCUT2D eigenvalue weighted by Gasteiger charge is -2.10. The zero-order valence-electron chi connectivity index (χ0n) is 14.6. The summed E-state index contributed by atoms with van der Waals surface area (Å²) in [6.45, 7) is 2.84. The summed E-state index contributed by atoms with van der Waals surface area (Å²) in [5.74, 6) is 0.542. The van der Waals surface area contributed by atoms with Crippen molar-refractivity contribution in [2.45, 2.75) is 19.8 Å². The molecule has 0 spiro atoms. The number of hydrogen-bond acceptors (Lipinski definition) is 4. The molecule has 1 aromatic heterocycles. The van der Waals surface area contributed by atoms with Crippen molar-refractivity contribution in [3.8, 4) is 11.3 Å². The number of rotatable bonds is 4. The third-order valence-corrected chi connectivity index (χ3v) is 4.49. The second-order valence-electron chi connectivity index (χ2n) is 6.50. The highest BCUT2D eigenvalue weighted by Crippen LogP contribution is 2.32. The molecule has 0 saturated carbocycles. The number of nitrogens with one attached hydrogen (secondary N) is 2. The van der Waals surface area contributed by atoms with Crippen LogP contribution in [0.25, 0.3) is 11.3 Å². The molecule has 0 aliphatic carbocycles. The Morgan fingerprint density at radius 2 is 1.92 bits per heavy atom. The lowest BCUT2D eigenvalue weighted by Crippen LogP contribution is -2.13. The van der Waals surface area contributed by atoms with Gasteiger partial charge in [-0.05, 0) is 25.0 Å². The molecular formula is C21H20N4O. The molecule has 0 bridgehead atoms. The summed E-state index contributed by atoms with van der Waals surface area (Å²) < 4.78 is 0. The van der Waals surface area contributed by atoms with E-state index in [0.717, 1.165) is 35.5 Å². The molecule has 1 amide bonds. The fraction of sp³-hybridized carbons (Fsp3) is 0.190. The molecule has 5 heteroatoms. The Kier molecular flexibility index (Phi) is 4.35. The van der Waals surface area contributed by atoms with Gasteiger partial charge in [-0.25, -0.2) is 9.97 Å². The van der Waals surface area contributed by atoms with Crippen LogP contribution in [-0.2, 0) is 17.6 Å². The quantitative estimate of drug-likeness (QED) is 0.759. The molecular weight excluding hydrogens is 324 g/mol. The van der Waals surface area contributed by atoms with Gasteiger partial charge in [-0.3, -0.25) is 4.79 Å². The number of anilines is 2. The summed E-state index contributed by atoms with van der Waals surface area (Å²) in [7, 11) is 0. The third-order valence-electron chi connectivity index (χ3n) is 4.49. The number of hydrogen-bond donors (Lipinski definition) is 2. The van der Waals surface area contributed by atoms with E-state index in [1.807, 2.05) is 24.3 Å². The van der Waals surface area contributed by atoms with E-state index >= 15 is 0 Å². The maximum Gasteiger partial charge on any atom is 0.228 e. The topological polar surface area (TPSA) is 66.9 Å². The number of aromatic nitrogens is 2. The number of para-hydroxylation sites is 1. The molecule has 2 N–H and O–H groups in total. The molecule has 1 aliphatic rings. The van der Waals surface area contributed by atoms with Crippen molar-refractivity contribution in [2.24, 2.45) is 0 Å². The predicted octanol–water partition coefficient (Wildman–Crippen LogP) is 3.60. The molecule has 130 valence electrons. The minimum absolute atomic E-state index is 0.0418. The number of amides is 1. The fourth-order valence-electron chi connectivity index (χ4n) is 3.09. The Hall–Kier alpha value is -3.21. The zero-order chi connectivity index (χ0) is 17.9. The van der Waals surface area contributed by atoms with Gasteiger partial charge in [0.25, 0.3) is 0 Å². The lowest BCUT2D eigenvalue weighted by atomic mass is 10.1. The van der Waals surface area contributed by atoms with E-state index in [0.29, 0.717) is 5.95 Å². The highest BCUT2D eigenvalue weighted by molar-refractivity contribution is 5.99. The van der Waals surface area contributed by atoms with Gasteiger partial charge < -0.3 is 10.6 Å².